The number of aryl methyl sites for hydroxylation is 1. The van der Waals surface area contributed by atoms with Gasteiger partial charge in [0.2, 0.25) is 0 Å². The number of hydrogen-bond donors (Lipinski definition) is 0. The van der Waals surface area contributed by atoms with E-state index in [1.54, 1.807) is 11.3 Å². The predicted molar refractivity (Wildman–Crippen MR) is 59.5 cm³/mol. The number of halogens is 1. The van der Waals surface area contributed by atoms with E-state index in [2.05, 4.69) is 20.8 Å². The lowest BCUT2D eigenvalue weighted by molar-refractivity contribution is 0.881. The Kier molecular flexibility index (Phi) is 5.60. The fourth-order valence-electron chi connectivity index (χ4n) is 1.03. The van der Waals surface area contributed by atoms with Gasteiger partial charge in [0, 0.05) is 4.88 Å². The second-order valence-corrected chi connectivity index (χ2v) is 4.47. The smallest absolute Gasteiger partial charge is 0.0934 e. The molecule has 1 aromatic rings. The Morgan fingerprint density at radius 1 is 1.33 bits per heavy atom. The average molecular weight is 205 g/mol. The molecule has 0 bridgehead atoms. The summed E-state index contributed by atoms with van der Waals surface area (Å²) in [5.41, 5.74) is 1.32. The highest BCUT2D eigenvalue weighted by Crippen LogP contribution is 2.31. The van der Waals surface area contributed by atoms with Crippen LogP contribution in [0.2, 0.25) is 4.34 Å². The summed E-state index contributed by atoms with van der Waals surface area (Å²) in [6, 6.07) is 2.03. The second-order valence-electron chi connectivity index (χ2n) is 2.75. The van der Waals surface area contributed by atoms with Crippen LogP contribution in [0.15, 0.2) is 6.07 Å². The highest BCUT2D eigenvalue weighted by atomic mass is 35.5. The first-order valence-electron chi connectivity index (χ1n) is 4.37. The SMILES string of the molecule is CC.Cc1cc(Cl)sc1C(C)C. The Labute approximate surface area is 84.6 Å². The monoisotopic (exact) mass is 204 g/mol. The van der Waals surface area contributed by atoms with Crippen LogP contribution in [0.1, 0.15) is 44.1 Å². The maximum absolute atomic E-state index is 5.83. The van der Waals surface area contributed by atoms with Gasteiger partial charge in [-0.1, -0.05) is 39.3 Å². The van der Waals surface area contributed by atoms with Gasteiger partial charge >= 0.3 is 0 Å². The van der Waals surface area contributed by atoms with Crippen LogP contribution >= 0.6 is 22.9 Å². The summed E-state index contributed by atoms with van der Waals surface area (Å²) in [7, 11) is 0. The fourth-order valence-corrected chi connectivity index (χ4v) is 2.34. The molecule has 0 spiro atoms. The van der Waals surface area contributed by atoms with Crippen LogP contribution in [0.4, 0.5) is 0 Å². The minimum atomic E-state index is 0.609. The molecular weight excluding hydrogens is 188 g/mol. The third-order valence-electron chi connectivity index (χ3n) is 1.45. The quantitative estimate of drug-likeness (QED) is 0.613. The van der Waals surface area contributed by atoms with Gasteiger partial charge in [-0.15, -0.1) is 11.3 Å². The van der Waals surface area contributed by atoms with Crippen molar-refractivity contribution in [3.05, 3.63) is 20.8 Å². The van der Waals surface area contributed by atoms with Crippen molar-refractivity contribution in [2.75, 3.05) is 0 Å². The minimum absolute atomic E-state index is 0.609. The summed E-state index contributed by atoms with van der Waals surface area (Å²) in [5.74, 6) is 0.609. The van der Waals surface area contributed by atoms with Crippen molar-refractivity contribution in [3.63, 3.8) is 0 Å². The maximum atomic E-state index is 5.83. The van der Waals surface area contributed by atoms with Crippen LogP contribution in [0.3, 0.4) is 0 Å². The molecule has 0 N–H and O–H groups in total. The maximum Gasteiger partial charge on any atom is 0.0934 e. The van der Waals surface area contributed by atoms with E-state index in [-0.39, 0.29) is 0 Å². The lowest BCUT2D eigenvalue weighted by Crippen LogP contribution is -1.82. The predicted octanol–water partition coefficient (Wildman–Crippen LogP) is 4.86. The van der Waals surface area contributed by atoms with Crippen molar-refractivity contribution in [2.45, 2.75) is 40.5 Å². The van der Waals surface area contributed by atoms with E-state index in [0.717, 1.165) is 4.34 Å². The molecule has 1 heterocycles. The van der Waals surface area contributed by atoms with E-state index in [0.29, 0.717) is 5.92 Å². The number of thiophene rings is 1. The van der Waals surface area contributed by atoms with Gasteiger partial charge in [0.25, 0.3) is 0 Å². The molecule has 1 rings (SSSR count). The Balaban J connectivity index is 0.000000561. The third-order valence-corrected chi connectivity index (χ3v) is 3.12. The zero-order chi connectivity index (χ0) is 9.72. The standard InChI is InChI=1S/C8H11ClS.C2H6/c1-5(2)8-6(3)4-7(9)10-8;1-2/h4-5H,1-3H3;1-2H3. The molecular formula is C10H17ClS. The van der Waals surface area contributed by atoms with E-state index < -0.39 is 0 Å². The number of hydrogen-bond acceptors (Lipinski definition) is 1. The van der Waals surface area contributed by atoms with Crippen molar-refractivity contribution in [2.24, 2.45) is 0 Å². The van der Waals surface area contributed by atoms with E-state index in [4.69, 9.17) is 11.6 Å². The molecule has 0 aliphatic carbocycles. The molecule has 0 aliphatic heterocycles. The molecule has 0 aromatic carbocycles. The van der Waals surface area contributed by atoms with Gasteiger partial charge in [-0.25, -0.2) is 0 Å². The lowest BCUT2D eigenvalue weighted by atomic mass is 10.1. The van der Waals surface area contributed by atoms with Gasteiger partial charge in [-0.2, -0.15) is 0 Å². The van der Waals surface area contributed by atoms with Crippen LogP contribution in [0.5, 0.6) is 0 Å². The lowest BCUT2D eigenvalue weighted by Gasteiger charge is -2.00. The van der Waals surface area contributed by atoms with Crippen LogP contribution in [-0.4, -0.2) is 0 Å². The summed E-state index contributed by atoms with van der Waals surface area (Å²) >= 11 is 7.52. The summed E-state index contributed by atoms with van der Waals surface area (Å²) in [6.07, 6.45) is 0. The van der Waals surface area contributed by atoms with E-state index >= 15 is 0 Å². The molecule has 0 nitrogen and oxygen atoms in total. The molecule has 70 valence electrons. The average Bonchev–Trinajstić information content (AvgIpc) is 2.34. The van der Waals surface area contributed by atoms with Crippen molar-refractivity contribution >= 4 is 22.9 Å². The molecule has 0 fully saturated rings. The van der Waals surface area contributed by atoms with E-state index in [9.17, 15) is 0 Å². The van der Waals surface area contributed by atoms with Crippen LogP contribution in [-0.2, 0) is 0 Å². The zero-order valence-corrected chi connectivity index (χ0v) is 10.0. The molecule has 2 heteroatoms. The first-order chi connectivity index (χ1) is 5.61. The molecule has 0 aliphatic rings. The Hall–Kier alpha value is -0.0100. The topological polar surface area (TPSA) is 0 Å². The summed E-state index contributed by atoms with van der Waals surface area (Å²) in [6.45, 7) is 10.5. The molecule has 0 atom stereocenters. The summed E-state index contributed by atoms with van der Waals surface area (Å²) in [4.78, 5) is 1.41. The van der Waals surface area contributed by atoms with Gasteiger partial charge < -0.3 is 0 Å². The largest absolute Gasteiger partial charge is 0.128 e. The molecule has 0 radical (unpaired) electrons. The van der Waals surface area contributed by atoms with Crippen molar-refractivity contribution < 1.29 is 0 Å². The molecule has 1 aromatic heterocycles. The van der Waals surface area contributed by atoms with Crippen molar-refractivity contribution in [3.8, 4) is 0 Å². The highest BCUT2D eigenvalue weighted by molar-refractivity contribution is 7.16. The number of rotatable bonds is 1. The molecule has 0 unspecified atom stereocenters. The summed E-state index contributed by atoms with van der Waals surface area (Å²) in [5, 5.41) is 0. The van der Waals surface area contributed by atoms with Gasteiger partial charge in [0.1, 0.15) is 0 Å². The van der Waals surface area contributed by atoms with Crippen LogP contribution < -0.4 is 0 Å². The van der Waals surface area contributed by atoms with Gasteiger partial charge in [-0.05, 0) is 24.5 Å². The second kappa shape index (κ2) is 5.60. The van der Waals surface area contributed by atoms with Crippen molar-refractivity contribution in [1.82, 2.24) is 0 Å². The Morgan fingerprint density at radius 2 is 1.83 bits per heavy atom. The third kappa shape index (κ3) is 3.16. The van der Waals surface area contributed by atoms with E-state index in [1.807, 2.05) is 19.9 Å². The first-order valence-corrected chi connectivity index (χ1v) is 5.56. The van der Waals surface area contributed by atoms with Crippen LogP contribution in [0.25, 0.3) is 0 Å². The van der Waals surface area contributed by atoms with Gasteiger partial charge in [0.15, 0.2) is 0 Å². The molecule has 0 amide bonds. The minimum Gasteiger partial charge on any atom is -0.128 e. The van der Waals surface area contributed by atoms with Crippen LogP contribution in [0, 0.1) is 6.92 Å². The zero-order valence-electron chi connectivity index (χ0n) is 8.44. The van der Waals surface area contributed by atoms with Crippen molar-refractivity contribution in [1.29, 1.82) is 0 Å². The normalized spacial score (nSPS) is 9.58. The highest BCUT2D eigenvalue weighted by Gasteiger charge is 2.06. The Morgan fingerprint density at radius 3 is 2.00 bits per heavy atom. The molecule has 0 saturated carbocycles. The van der Waals surface area contributed by atoms with Gasteiger partial charge in [0.05, 0.1) is 4.34 Å². The fraction of sp³-hybridized carbons (Fsp3) is 0.600. The molecule has 12 heavy (non-hydrogen) atoms. The van der Waals surface area contributed by atoms with Gasteiger partial charge in [-0.3, -0.25) is 0 Å². The molecule has 0 saturated heterocycles. The van der Waals surface area contributed by atoms with E-state index in [1.165, 1.54) is 10.4 Å². The summed E-state index contributed by atoms with van der Waals surface area (Å²) < 4.78 is 0.904. The first kappa shape index (κ1) is 12.0. The Bertz CT molecular complexity index is 226.